The summed E-state index contributed by atoms with van der Waals surface area (Å²) in [6.45, 7) is 4.02. The molecule has 1 aromatic heterocycles. The first-order valence-corrected chi connectivity index (χ1v) is 10.6. The number of nitrogens with one attached hydrogen (secondary N) is 2. The van der Waals surface area contributed by atoms with Crippen LogP contribution in [0.15, 0.2) is 30.5 Å². The van der Waals surface area contributed by atoms with Crippen molar-refractivity contribution in [2.24, 2.45) is 5.92 Å². The average Bonchev–Trinajstić information content (AvgIpc) is 2.75. The van der Waals surface area contributed by atoms with Crippen molar-refractivity contribution in [3.8, 4) is 5.75 Å². The lowest BCUT2D eigenvalue weighted by Crippen LogP contribution is -2.37. The highest BCUT2D eigenvalue weighted by Gasteiger charge is 2.27. The van der Waals surface area contributed by atoms with Crippen LogP contribution in [-0.2, 0) is 4.79 Å². The van der Waals surface area contributed by atoms with Crippen LogP contribution >= 0.6 is 0 Å². The number of ether oxygens (including phenoxy) is 1. The molecular weight excluding hydrogens is 378 g/mol. The van der Waals surface area contributed by atoms with Crippen LogP contribution in [-0.4, -0.2) is 43.1 Å². The fourth-order valence-corrected chi connectivity index (χ4v) is 3.96. The molecule has 0 aliphatic heterocycles. The second-order valence-corrected chi connectivity index (χ2v) is 8.29. The maximum atomic E-state index is 12.8. The Morgan fingerprint density at radius 3 is 2.63 bits per heavy atom. The summed E-state index contributed by atoms with van der Waals surface area (Å²) in [6, 6.07) is 8.08. The molecule has 2 aromatic rings. The molecule has 1 amide bonds. The summed E-state index contributed by atoms with van der Waals surface area (Å²) in [6.07, 6.45) is 5.44. The van der Waals surface area contributed by atoms with Gasteiger partial charge in [-0.25, -0.2) is 4.98 Å². The van der Waals surface area contributed by atoms with Crippen LogP contribution in [0, 0.1) is 12.8 Å². The zero-order valence-electron chi connectivity index (χ0n) is 18.6. The number of carbonyl (C=O) groups is 1. The van der Waals surface area contributed by atoms with E-state index < -0.39 is 0 Å². The molecule has 0 bridgehead atoms. The minimum absolute atomic E-state index is 0.0474. The van der Waals surface area contributed by atoms with Crippen molar-refractivity contribution in [2.75, 3.05) is 31.4 Å². The number of benzene rings is 1. The molecule has 7 nitrogen and oxygen atoms in total. The van der Waals surface area contributed by atoms with Gasteiger partial charge in [-0.2, -0.15) is 4.98 Å². The quantitative estimate of drug-likeness (QED) is 0.723. The van der Waals surface area contributed by atoms with E-state index in [1.54, 1.807) is 7.11 Å². The average molecular weight is 412 g/mol. The first-order chi connectivity index (χ1) is 14.4. The second kappa shape index (κ2) is 9.78. The Morgan fingerprint density at radius 2 is 1.97 bits per heavy atom. The number of nitrogens with zero attached hydrogens (tertiary/aromatic N) is 3. The van der Waals surface area contributed by atoms with E-state index in [2.05, 4.69) is 20.6 Å². The van der Waals surface area contributed by atoms with Gasteiger partial charge in [0.2, 0.25) is 11.9 Å². The Kier molecular flexibility index (Phi) is 7.13. The number of anilines is 2. The predicted molar refractivity (Wildman–Crippen MR) is 120 cm³/mol. The zero-order chi connectivity index (χ0) is 21.7. The molecule has 3 rings (SSSR count). The fraction of sp³-hybridized carbons (Fsp3) is 0.522. The van der Waals surface area contributed by atoms with Crippen LogP contribution in [0.4, 0.5) is 11.8 Å². The molecule has 30 heavy (non-hydrogen) atoms. The molecule has 0 unspecified atom stereocenters. The van der Waals surface area contributed by atoms with Gasteiger partial charge in [-0.15, -0.1) is 0 Å². The van der Waals surface area contributed by atoms with Crippen molar-refractivity contribution in [3.05, 3.63) is 41.6 Å². The van der Waals surface area contributed by atoms with Crippen molar-refractivity contribution in [3.63, 3.8) is 0 Å². The van der Waals surface area contributed by atoms with Gasteiger partial charge in [-0.3, -0.25) is 4.79 Å². The molecule has 1 fully saturated rings. The number of hydrogen-bond acceptors (Lipinski definition) is 6. The topological polar surface area (TPSA) is 79.4 Å². The van der Waals surface area contributed by atoms with Crippen molar-refractivity contribution in [1.29, 1.82) is 0 Å². The summed E-state index contributed by atoms with van der Waals surface area (Å²) >= 11 is 0. The SMILES string of the molecule is COc1cccc([C@H](C)NC(=O)C2CCC(Nc3ncc(C)c(N(C)C)n3)CC2)c1. The van der Waals surface area contributed by atoms with Gasteiger partial charge in [0, 0.05) is 37.8 Å². The molecule has 2 N–H and O–H groups in total. The van der Waals surface area contributed by atoms with E-state index in [1.807, 2.05) is 63.3 Å². The number of rotatable bonds is 7. The van der Waals surface area contributed by atoms with E-state index >= 15 is 0 Å². The Labute approximate surface area is 179 Å². The third-order valence-corrected chi connectivity index (χ3v) is 5.75. The Morgan fingerprint density at radius 1 is 1.23 bits per heavy atom. The molecule has 0 spiro atoms. The van der Waals surface area contributed by atoms with E-state index in [0.717, 1.165) is 48.4 Å². The summed E-state index contributed by atoms with van der Waals surface area (Å²) in [4.78, 5) is 23.8. The summed E-state index contributed by atoms with van der Waals surface area (Å²) in [5, 5.41) is 6.61. The number of aryl methyl sites for hydroxylation is 1. The van der Waals surface area contributed by atoms with Gasteiger partial charge in [0.25, 0.3) is 0 Å². The maximum absolute atomic E-state index is 12.8. The summed E-state index contributed by atoms with van der Waals surface area (Å²) in [7, 11) is 5.61. The van der Waals surface area contributed by atoms with Gasteiger partial charge in [0.1, 0.15) is 11.6 Å². The van der Waals surface area contributed by atoms with E-state index in [9.17, 15) is 4.79 Å². The second-order valence-electron chi connectivity index (χ2n) is 8.29. The van der Waals surface area contributed by atoms with Crippen molar-refractivity contribution in [1.82, 2.24) is 15.3 Å². The molecule has 1 atom stereocenters. The molecule has 7 heteroatoms. The van der Waals surface area contributed by atoms with Crippen molar-refractivity contribution < 1.29 is 9.53 Å². The minimum atomic E-state index is -0.0474. The molecule has 1 aromatic carbocycles. The molecule has 1 heterocycles. The van der Waals surface area contributed by atoms with Crippen LogP contribution in [0.1, 0.15) is 49.8 Å². The fourth-order valence-electron chi connectivity index (χ4n) is 3.96. The van der Waals surface area contributed by atoms with Crippen molar-refractivity contribution in [2.45, 2.75) is 51.6 Å². The zero-order valence-corrected chi connectivity index (χ0v) is 18.6. The first kappa shape index (κ1) is 21.9. The third kappa shape index (κ3) is 5.40. The summed E-state index contributed by atoms with van der Waals surface area (Å²) in [5.41, 5.74) is 2.10. The normalized spacial score (nSPS) is 19.6. The van der Waals surface area contributed by atoms with Gasteiger partial charge in [0.15, 0.2) is 0 Å². The smallest absolute Gasteiger partial charge is 0.224 e. The highest BCUT2D eigenvalue weighted by atomic mass is 16.5. The van der Waals surface area contributed by atoms with Crippen LogP contribution < -0.4 is 20.3 Å². The number of carbonyl (C=O) groups excluding carboxylic acids is 1. The van der Waals surface area contributed by atoms with E-state index in [0.29, 0.717) is 12.0 Å². The third-order valence-electron chi connectivity index (χ3n) is 5.75. The van der Waals surface area contributed by atoms with E-state index in [4.69, 9.17) is 4.74 Å². The van der Waals surface area contributed by atoms with Crippen LogP contribution in [0.25, 0.3) is 0 Å². The highest BCUT2D eigenvalue weighted by molar-refractivity contribution is 5.79. The lowest BCUT2D eigenvalue weighted by atomic mass is 9.85. The lowest BCUT2D eigenvalue weighted by Gasteiger charge is -2.29. The number of hydrogen-bond donors (Lipinski definition) is 2. The number of amides is 1. The number of aromatic nitrogens is 2. The van der Waals surface area contributed by atoms with Crippen molar-refractivity contribution >= 4 is 17.7 Å². The monoisotopic (exact) mass is 411 g/mol. The molecule has 0 radical (unpaired) electrons. The minimum Gasteiger partial charge on any atom is -0.497 e. The van der Waals surface area contributed by atoms with Gasteiger partial charge >= 0.3 is 0 Å². The molecule has 0 saturated heterocycles. The van der Waals surface area contributed by atoms with E-state index in [1.165, 1.54) is 0 Å². The van der Waals surface area contributed by atoms with Gasteiger partial charge in [-0.1, -0.05) is 12.1 Å². The Hall–Kier alpha value is -2.83. The van der Waals surface area contributed by atoms with Crippen LogP contribution in [0.3, 0.4) is 0 Å². The van der Waals surface area contributed by atoms with Gasteiger partial charge in [0.05, 0.1) is 13.2 Å². The van der Waals surface area contributed by atoms with Crippen LogP contribution in [0.2, 0.25) is 0 Å². The molecule has 162 valence electrons. The van der Waals surface area contributed by atoms with Gasteiger partial charge in [-0.05, 0) is 57.2 Å². The first-order valence-electron chi connectivity index (χ1n) is 10.6. The Bertz CT molecular complexity index is 862. The predicted octanol–water partition coefficient (Wildman–Crippen LogP) is 3.71. The largest absolute Gasteiger partial charge is 0.497 e. The van der Waals surface area contributed by atoms with Crippen LogP contribution in [0.5, 0.6) is 5.75 Å². The molecular formula is C23H33N5O2. The highest BCUT2D eigenvalue weighted by Crippen LogP contribution is 2.28. The van der Waals surface area contributed by atoms with Gasteiger partial charge < -0.3 is 20.3 Å². The molecule has 1 aliphatic carbocycles. The molecule has 1 saturated carbocycles. The standard InChI is InChI=1S/C23H33N5O2/c1-15-14-24-23(27-21(15)28(3)4)26-19-11-9-17(10-12-19)22(29)25-16(2)18-7-6-8-20(13-18)30-5/h6-8,13-14,16-17,19H,9-12H2,1-5H3,(H,25,29)(H,24,26,27)/t16-,17?,19?/m0/s1. The lowest BCUT2D eigenvalue weighted by molar-refractivity contribution is -0.126. The molecule has 1 aliphatic rings. The summed E-state index contributed by atoms with van der Waals surface area (Å²) in [5.74, 6) is 2.56. The number of methoxy groups -OCH3 is 1. The van der Waals surface area contributed by atoms with E-state index in [-0.39, 0.29) is 17.9 Å². The summed E-state index contributed by atoms with van der Waals surface area (Å²) < 4.78 is 5.28. The maximum Gasteiger partial charge on any atom is 0.224 e. The Balaban J connectivity index is 1.51.